The van der Waals surface area contributed by atoms with Crippen LogP contribution in [0.5, 0.6) is 0 Å². The first kappa shape index (κ1) is 12.6. The van der Waals surface area contributed by atoms with Crippen LogP contribution in [0.1, 0.15) is 25.7 Å². The van der Waals surface area contributed by atoms with E-state index in [1.54, 1.807) is 0 Å². The van der Waals surface area contributed by atoms with Gasteiger partial charge in [0, 0.05) is 35.1 Å². The molecule has 2 aliphatic rings. The van der Waals surface area contributed by atoms with Gasteiger partial charge in [0.1, 0.15) is 0 Å². The van der Waals surface area contributed by atoms with Crippen molar-refractivity contribution in [2.45, 2.75) is 31.7 Å². The molecule has 0 amide bonds. The van der Waals surface area contributed by atoms with Gasteiger partial charge in [0.15, 0.2) is 0 Å². The molecule has 0 saturated carbocycles. The van der Waals surface area contributed by atoms with Gasteiger partial charge in [0.2, 0.25) is 5.95 Å². The Bertz CT molecular complexity index is 388. The molecule has 1 unspecified atom stereocenters. The van der Waals surface area contributed by atoms with Crippen LogP contribution in [-0.4, -0.2) is 47.1 Å². The number of anilines is 1. The fourth-order valence-electron chi connectivity index (χ4n) is 2.97. The quantitative estimate of drug-likeness (QED) is 0.759. The Morgan fingerprint density at radius 3 is 2.50 bits per heavy atom. The Kier molecular flexibility index (Phi) is 3.98. The molecule has 1 aromatic rings. The molecule has 0 N–H and O–H groups in total. The molecule has 3 rings (SSSR count). The van der Waals surface area contributed by atoms with Crippen molar-refractivity contribution in [1.29, 1.82) is 0 Å². The lowest BCUT2D eigenvalue weighted by Crippen LogP contribution is -2.41. The first-order valence-corrected chi connectivity index (χ1v) is 7.87. The van der Waals surface area contributed by atoms with E-state index in [-0.39, 0.29) is 0 Å². The molecule has 2 aliphatic heterocycles. The first-order chi connectivity index (χ1) is 8.83. The Labute approximate surface area is 122 Å². The summed E-state index contributed by atoms with van der Waals surface area (Å²) in [7, 11) is 0. The van der Waals surface area contributed by atoms with Gasteiger partial charge in [0.05, 0.1) is 0 Å². The summed E-state index contributed by atoms with van der Waals surface area (Å²) in [6.07, 6.45) is 9.21. The maximum Gasteiger partial charge on any atom is 0.225 e. The molecule has 4 nitrogen and oxygen atoms in total. The van der Waals surface area contributed by atoms with E-state index in [2.05, 4.69) is 42.4 Å². The summed E-state index contributed by atoms with van der Waals surface area (Å²) >= 11 is 2.25. The lowest BCUT2D eigenvalue weighted by Gasteiger charge is -2.32. The van der Waals surface area contributed by atoms with Gasteiger partial charge in [0.25, 0.3) is 0 Å². The Morgan fingerprint density at radius 2 is 1.78 bits per heavy atom. The molecule has 0 radical (unpaired) electrons. The van der Waals surface area contributed by atoms with Crippen LogP contribution in [-0.2, 0) is 0 Å². The molecular weight excluding hydrogens is 339 g/mol. The maximum atomic E-state index is 4.43. The lowest BCUT2D eigenvalue weighted by molar-refractivity contribution is 0.174. The summed E-state index contributed by atoms with van der Waals surface area (Å²) in [5, 5.41) is 0. The zero-order valence-electron chi connectivity index (χ0n) is 10.6. The molecule has 0 aliphatic carbocycles. The Balaban J connectivity index is 1.62. The third-order valence-electron chi connectivity index (χ3n) is 3.96. The van der Waals surface area contributed by atoms with Gasteiger partial charge in [-0.05, 0) is 54.9 Å². The van der Waals surface area contributed by atoms with E-state index in [1.807, 2.05) is 12.4 Å². The molecule has 0 bridgehead atoms. The van der Waals surface area contributed by atoms with E-state index >= 15 is 0 Å². The van der Waals surface area contributed by atoms with Gasteiger partial charge < -0.3 is 4.90 Å². The van der Waals surface area contributed by atoms with Crippen LogP contribution in [0.2, 0.25) is 0 Å². The van der Waals surface area contributed by atoms with Crippen molar-refractivity contribution in [3.8, 4) is 0 Å². The number of rotatable bonds is 2. The number of likely N-dealkylation sites (tertiary alicyclic amines) is 1. The van der Waals surface area contributed by atoms with Gasteiger partial charge in [-0.15, -0.1) is 0 Å². The minimum atomic E-state index is 0.716. The molecule has 1 aromatic heterocycles. The SMILES string of the molecule is Ic1cnc(N2CCC(N3CCCCC3)C2)nc1. The number of hydrogen-bond donors (Lipinski definition) is 0. The van der Waals surface area contributed by atoms with Crippen molar-refractivity contribution in [2.75, 3.05) is 31.1 Å². The van der Waals surface area contributed by atoms with Crippen LogP contribution in [0.15, 0.2) is 12.4 Å². The molecule has 3 heterocycles. The topological polar surface area (TPSA) is 32.3 Å². The summed E-state index contributed by atoms with van der Waals surface area (Å²) in [5.74, 6) is 0.898. The lowest BCUT2D eigenvalue weighted by atomic mass is 10.1. The monoisotopic (exact) mass is 358 g/mol. The zero-order valence-corrected chi connectivity index (χ0v) is 12.7. The number of aromatic nitrogens is 2. The van der Waals surface area contributed by atoms with Crippen molar-refractivity contribution in [1.82, 2.24) is 14.9 Å². The molecular formula is C13H19IN4. The second kappa shape index (κ2) is 5.69. The van der Waals surface area contributed by atoms with E-state index in [4.69, 9.17) is 0 Å². The molecule has 0 aromatic carbocycles. The van der Waals surface area contributed by atoms with Gasteiger partial charge in [-0.25, -0.2) is 9.97 Å². The van der Waals surface area contributed by atoms with E-state index in [1.165, 1.54) is 38.8 Å². The fourth-order valence-corrected chi connectivity index (χ4v) is 3.25. The minimum Gasteiger partial charge on any atom is -0.339 e. The maximum absolute atomic E-state index is 4.43. The van der Waals surface area contributed by atoms with E-state index < -0.39 is 0 Å². The van der Waals surface area contributed by atoms with Gasteiger partial charge >= 0.3 is 0 Å². The second-order valence-electron chi connectivity index (χ2n) is 5.19. The highest BCUT2D eigenvalue weighted by atomic mass is 127. The van der Waals surface area contributed by atoms with Gasteiger partial charge in [-0.3, -0.25) is 4.90 Å². The van der Waals surface area contributed by atoms with E-state index in [9.17, 15) is 0 Å². The van der Waals surface area contributed by atoms with Crippen molar-refractivity contribution in [3.63, 3.8) is 0 Å². The van der Waals surface area contributed by atoms with Crippen molar-refractivity contribution >= 4 is 28.5 Å². The molecule has 2 saturated heterocycles. The van der Waals surface area contributed by atoms with Crippen molar-refractivity contribution < 1.29 is 0 Å². The fraction of sp³-hybridized carbons (Fsp3) is 0.692. The van der Waals surface area contributed by atoms with E-state index in [0.29, 0.717) is 6.04 Å². The summed E-state index contributed by atoms with van der Waals surface area (Å²) < 4.78 is 1.10. The number of hydrogen-bond acceptors (Lipinski definition) is 4. The highest BCUT2D eigenvalue weighted by Crippen LogP contribution is 2.22. The van der Waals surface area contributed by atoms with Crippen molar-refractivity contribution in [2.24, 2.45) is 0 Å². The number of halogens is 1. The summed E-state index contributed by atoms with van der Waals surface area (Å²) in [5.41, 5.74) is 0. The van der Waals surface area contributed by atoms with Crippen LogP contribution < -0.4 is 4.90 Å². The number of nitrogens with zero attached hydrogens (tertiary/aromatic N) is 4. The molecule has 18 heavy (non-hydrogen) atoms. The second-order valence-corrected chi connectivity index (χ2v) is 6.43. The van der Waals surface area contributed by atoms with Crippen LogP contribution in [0, 0.1) is 3.57 Å². The Morgan fingerprint density at radius 1 is 1.06 bits per heavy atom. The van der Waals surface area contributed by atoms with Crippen LogP contribution in [0.25, 0.3) is 0 Å². The molecule has 98 valence electrons. The van der Waals surface area contributed by atoms with Crippen LogP contribution in [0.3, 0.4) is 0 Å². The van der Waals surface area contributed by atoms with Gasteiger partial charge in [-0.2, -0.15) is 0 Å². The first-order valence-electron chi connectivity index (χ1n) is 6.79. The van der Waals surface area contributed by atoms with E-state index in [0.717, 1.165) is 22.6 Å². The predicted molar refractivity (Wildman–Crippen MR) is 80.8 cm³/mol. The third-order valence-corrected chi connectivity index (χ3v) is 4.52. The predicted octanol–water partition coefficient (Wildman–Crippen LogP) is 2.15. The smallest absolute Gasteiger partial charge is 0.225 e. The average Bonchev–Trinajstić information content (AvgIpc) is 2.90. The highest BCUT2D eigenvalue weighted by molar-refractivity contribution is 14.1. The summed E-state index contributed by atoms with van der Waals surface area (Å²) in [6.45, 7) is 4.76. The number of piperidine rings is 1. The van der Waals surface area contributed by atoms with Crippen molar-refractivity contribution in [3.05, 3.63) is 16.0 Å². The highest BCUT2D eigenvalue weighted by Gasteiger charge is 2.29. The molecule has 2 fully saturated rings. The molecule has 1 atom stereocenters. The Hall–Kier alpha value is -0.430. The standard InChI is InChI=1S/C13H19IN4/c14-11-8-15-13(16-9-11)18-7-4-12(10-18)17-5-2-1-3-6-17/h8-9,12H,1-7,10H2. The largest absolute Gasteiger partial charge is 0.339 e. The molecule has 0 spiro atoms. The molecule has 5 heteroatoms. The van der Waals surface area contributed by atoms with Gasteiger partial charge in [-0.1, -0.05) is 6.42 Å². The van der Waals surface area contributed by atoms with Crippen LogP contribution in [0.4, 0.5) is 5.95 Å². The summed E-state index contributed by atoms with van der Waals surface area (Å²) in [4.78, 5) is 13.8. The van der Waals surface area contributed by atoms with Crippen LogP contribution >= 0.6 is 22.6 Å². The average molecular weight is 358 g/mol. The normalized spacial score (nSPS) is 25.6. The zero-order chi connectivity index (χ0) is 12.4. The summed E-state index contributed by atoms with van der Waals surface area (Å²) in [6, 6.07) is 0.716. The minimum absolute atomic E-state index is 0.716. The third kappa shape index (κ3) is 2.77.